The van der Waals surface area contributed by atoms with Gasteiger partial charge in [0, 0.05) is 6.61 Å². The van der Waals surface area contributed by atoms with Crippen molar-refractivity contribution in [2.45, 2.75) is 36.2 Å². The Bertz CT molecular complexity index is 893. The van der Waals surface area contributed by atoms with Gasteiger partial charge in [0.2, 0.25) is 10.0 Å². The van der Waals surface area contributed by atoms with Crippen LogP contribution in [0.25, 0.3) is 0 Å². The molecule has 0 amide bonds. The molecule has 2 atom stereocenters. The zero-order chi connectivity index (χ0) is 20.4. The van der Waals surface area contributed by atoms with E-state index in [4.69, 9.17) is 4.74 Å². The van der Waals surface area contributed by atoms with Crippen LogP contribution in [0.2, 0.25) is 0 Å². The Balaban J connectivity index is 1.83. The van der Waals surface area contributed by atoms with E-state index < -0.39 is 40.1 Å². The lowest BCUT2D eigenvalue weighted by atomic mass is 10.0. The Kier molecular flexibility index (Phi) is 5.92. The van der Waals surface area contributed by atoms with Gasteiger partial charge in [-0.3, -0.25) is 0 Å². The highest BCUT2D eigenvalue weighted by atomic mass is 32.2. The molecule has 0 aliphatic carbocycles. The zero-order valence-electron chi connectivity index (χ0n) is 14.4. The van der Waals surface area contributed by atoms with Crippen LogP contribution in [0.5, 0.6) is 5.75 Å². The molecule has 10 heteroatoms. The Hall–Kier alpha value is -2.17. The van der Waals surface area contributed by atoms with E-state index >= 15 is 0 Å². The highest BCUT2D eigenvalue weighted by Crippen LogP contribution is 2.30. The molecule has 1 unspecified atom stereocenters. The van der Waals surface area contributed by atoms with E-state index in [1.807, 2.05) is 0 Å². The van der Waals surface area contributed by atoms with E-state index in [1.165, 1.54) is 24.3 Å². The SMILES string of the molecule is O=S(=O)(NC(c1ccc(F)cc1)[C@H]1CCCO1)c1ccc(OC(F)(F)F)cc1. The molecule has 1 aliphatic heterocycles. The number of sulfonamides is 1. The number of nitrogens with one attached hydrogen (secondary N) is 1. The summed E-state index contributed by atoms with van der Waals surface area (Å²) in [6, 6.07) is 8.46. The van der Waals surface area contributed by atoms with E-state index in [1.54, 1.807) is 0 Å². The molecule has 1 saturated heterocycles. The van der Waals surface area contributed by atoms with Crippen LogP contribution in [0.1, 0.15) is 24.4 Å². The summed E-state index contributed by atoms with van der Waals surface area (Å²) in [6.07, 6.45) is -3.93. The number of alkyl halides is 3. The third-order valence-corrected chi connectivity index (χ3v) is 5.67. The maximum atomic E-state index is 13.2. The monoisotopic (exact) mass is 419 g/mol. The molecule has 5 nitrogen and oxygen atoms in total. The first-order valence-electron chi connectivity index (χ1n) is 8.39. The smallest absolute Gasteiger partial charge is 0.406 e. The number of rotatable bonds is 6. The minimum absolute atomic E-state index is 0.230. The van der Waals surface area contributed by atoms with Crippen LogP contribution >= 0.6 is 0 Å². The number of hydrogen-bond acceptors (Lipinski definition) is 4. The average Bonchev–Trinajstić information content (AvgIpc) is 3.14. The van der Waals surface area contributed by atoms with Gasteiger partial charge in [-0.25, -0.2) is 17.5 Å². The normalized spacial score (nSPS) is 18.8. The van der Waals surface area contributed by atoms with Gasteiger partial charge in [-0.2, -0.15) is 0 Å². The minimum Gasteiger partial charge on any atom is -0.406 e. The van der Waals surface area contributed by atoms with Gasteiger partial charge < -0.3 is 9.47 Å². The van der Waals surface area contributed by atoms with Crippen molar-refractivity contribution < 1.29 is 35.5 Å². The molecule has 0 radical (unpaired) electrons. The van der Waals surface area contributed by atoms with Crippen LogP contribution in [-0.2, 0) is 14.8 Å². The largest absolute Gasteiger partial charge is 0.573 e. The van der Waals surface area contributed by atoms with E-state index in [0.29, 0.717) is 18.6 Å². The standard InChI is InChI=1S/C18H17F4NO4S/c19-13-5-3-12(4-6-13)17(16-2-1-11-26-16)23-28(24,25)15-9-7-14(8-10-15)27-18(20,21)22/h3-10,16-17,23H,1-2,11H2/t16-,17?/m1/s1. The molecule has 152 valence electrons. The first kappa shape index (κ1) is 20.6. The van der Waals surface area contributed by atoms with Gasteiger partial charge in [-0.15, -0.1) is 13.2 Å². The van der Waals surface area contributed by atoms with Gasteiger partial charge in [0.15, 0.2) is 0 Å². The lowest BCUT2D eigenvalue weighted by molar-refractivity contribution is -0.274. The van der Waals surface area contributed by atoms with Crippen LogP contribution in [0.4, 0.5) is 17.6 Å². The van der Waals surface area contributed by atoms with Gasteiger partial charge in [0.25, 0.3) is 0 Å². The zero-order valence-corrected chi connectivity index (χ0v) is 15.3. The molecule has 2 aromatic rings. The lowest BCUT2D eigenvalue weighted by Crippen LogP contribution is -2.36. The molecule has 1 aliphatic rings. The average molecular weight is 419 g/mol. The molecule has 0 saturated carbocycles. The third-order valence-electron chi connectivity index (χ3n) is 4.22. The second-order valence-corrected chi connectivity index (χ2v) is 7.94. The summed E-state index contributed by atoms with van der Waals surface area (Å²) in [5.74, 6) is -0.987. The molecule has 1 heterocycles. The van der Waals surface area contributed by atoms with Crippen LogP contribution in [0.15, 0.2) is 53.4 Å². The maximum absolute atomic E-state index is 13.2. The Morgan fingerprint density at radius 3 is 2.25 bits per heavy atom. The first-order valence-corrected chi connectivity index (χ1v) is 9.87. The summed E-state index contributed by atoms with van der Waals surface area (Å²) in [4.78, 5) is -0.230. The molecule has 1 N–H and O–H groups in total. The molecule has 3 rings (SSSR count). The molecule has 1 fully saturated rings. The van der Waals surface area contributed by atoms with Crippen molar-refractivity contribution in [1.29, 1.82) is 0 Å². The predicted molar refractivity (Wildman–Crippen MR) is 91.6 cm³/mol. The lowest BCUT2D eigenvalue weighted by Gasteiger charge is -2.24. The summed E-state index contributed by atoms with van der Waals surface area (Å²) in [7, 11) is -4.08. The minimum atomic E-state index is -4.87. The highest BCUT2D eigenvalue weighted by Gasteiger charge is 2.33. The number of hydrogen-bond donors (Lipinski definition) is 1. The van der Waals surface area contributed by atoms with E-state index in [2.05, 4.69) is 9.46 Å². The Morgan fingerprint density at radius 1 is 1.07 bits per heavy atom. The van der Waals surface area contributed by atoms with E-state index in [-0.39, 0.29) is 4.90 Å². The fraction of sp³-hybridized carbons (Fsp3) is 0.333. The topological polar surface area (TPSA) is 64.6 Å². The van der Waals surface area contributed by atoms with Crippen LogP contribution < -0.4 is 9.46 Å². The van der Waals surface area contributed by atoms with Crippen molar-refractivity contribution in [2.75, 3.05) is 6.61 Å². The molecule has 28 heavy (non-hydrogen) atoms. The fourth-order valence-electron chi connectivity index (χ4n) is 2.95. The predicted octanol–water partition coefficient (Wildman–Crippen LogP) is 3.92. The first-order chi connectivity index (χ1) is 13.1. The summed E-state index contributed by atoms with van der Waals surface area (Å²) in [5, 5.41) is 0. The van der Waals surface area contributed by atoms with Gasteiger partial charge in [0.1, 0.15) is 11.6 Å². The molecular formula is C18H17F4NO4S. The van der Waals surface area contributed by atoms with Gasteiger partial charge >= 0.3 is 6.36 Å². The summed E-state index contributed by atoms with van der Waals surface area (Å²) in [6.45, 7) is 0.480. The highest BCUT2D eigenvalue weighted by molar-refractivity contribution is 7.89. The Labute approximate surface area is 159 Å². The summed E-state index contributed by atoms with van der Waals surface area (Å²) >= 11 is 0. The number of ether oxygens (including phenoxy) is 2. The molecule has 2 aromatic carbocycles. The quantitative estimate of drug-likeness (QED) is 0.721. The molecule has 0 spiro atoms. The van der Waals surface area contributed by atoms with Crippen molar-refractivity contribution in [3.8, 4) is 5.75 Å². The van der Waals surface area contributed by atoms with Crippen LogP contribution in [0.3, 0.4) is 0 Å². The third kappa shape index (κ3) is 5.21. The van der Waals surface area contributed by atoms with Gasteiger partial charge in [-0.05, 0) is 54.8 Å². The maximum Gasteiger partial charge on any atom is 0.573 e. The molecular weight excluding hydrogens is 402 g/mol. The Morgan fingerprint density at radius 2 is 1.71 bits per heavy atom. The van der Waals surface area contributed by atoms with Crippen molar-refractivity contribution in [2.24, 2.45) is 0 Å². The molecule has 0 bridgehead atoms. The van der Waals surface area contributed by atoms with E-state index in [0.717, 1.165) is 30.7 Å². The van der Waals surface area contributed by atoms with Crippen LogP contribution in [-0.4, -0.2) is 27.5 Å². The van der Waals surface area contributed by atoms with E-state index in [9.17, 15) is 26.0 Å². The number of halogens is 4. The van der Waals surface area contributed by atoms with Crippen molar-refractivity contribution in [3.63, 3.8) is 0 Å². The van der Waals surface area contributed by atoms with Crippen molar-refractivity contribution >= 4 is 10.0 Å². The summed E-state index contributed by atoms with van der Waals surface area (Å²) in [5.41, 5.74) is 0.522. The summed E-state index contributed by atoms with van der Waals surface area (Å²) < 4.78 is 87.3. The van der Waals surface area contributed by atoms with Crippen LogP contribution in [0, 0.1) is 5.82 Å². The second-order valence-electron chi connectivity index (χ2n) is 6.22. The second kappa shape index (κ2) is 8.06. The van der Waals surface area contributed by atoms with Gasteiger partial charge in [-0.1, -0.05) is 12.1 Å². The van der Waals surface area contributed by atoms with Gasteiger partial charge in [0.05, 0.1) is 17.0 Å². The molecule has 0 aromatic heterocycles. The number of benzene rings is 2. The van der Waals surface area contributed by atoms with Crippen molar-refractivity contribution in [3.05, 3.63) is 59.9 Å². The fourth-order valence-corrected chi connectivity index (χ4v) is 4.20. The van der Waals surface area contributed by atoms with Crippen molar-refractivity contribution in [1.82, 2.24) is 4.72 Å².